The third-order valence-electron chi connectivity index (χ3n) is 7.60. The van der Waals surface area contributed by atoms with Crippen molar-refractivity contribution in [3.8, 4) is 28.5 Å². The van der Waals surface area contributed by atoms with Crippen molar-refractivity contribution in [1.82, 2.24) is 15.0 Å². The van der Waals surface area contributed by atoms with E-state index < -0.39 is 6.09 Å². The van der Waals surface area contributed by atoms with E-state index in [2.05, 4.69) is 20.3 Å². The fraction of sp³-hybridized carbons (Fsp3) is 0.167. The molecule has 238 valence electrons. The van der Waals surface area contributed by atoms with Crippen molar-refractivity contribution in [2.24, 2.45) is 5.73 Å². The molecule has 47 heavy (non-hydrogen) atoms. The van der Waals surface area contributed by atoms with Crippen LogP contribution in [0.3, 0.4) is 0 Å². The third kappa shape index (κ3) is 7.32. The van der Waals surface area contributed by atoms with Crippen LogP contribution in [-0.2, 0) is 17.8 Å². The van der Waals surface area contributed by atoms with Crippen LogP contribution in [0.1, 0.15) is 11.1 Å². The first-order chi connectivity index (χ1) is 22.9. The van der Waals surface area contributed by atoms with Crippen LogP contribution in [0.4, 0.5) is 16.3 Å². The monoisotopic (exact) mass is 630 g/mol. The Bertz CT molecular complexity index is 2020. The van der Waals surface area contributed by atoms with Gasteiger partial charge in [0.25, 0.3) is 0 Å². The molecule has 0 bridgehead atoms. The number of nitrogen functional groups attached to an aromatic ring is 1. The number of nitrogens with one attached hydrogen (secondary N) is 1. The maximum absolute atomic E-state index is 12.2. The zero-order chi connectivity index (χ0) is 32.8. The van der Waals surface area contributed by atoms with Gasteiger partial charge in [-0.1, -0.05) is 42.5 Å². The maximum Gasteiger partial charge on any atom is 0.411 e. The molecule has 0 aliphatic heterocycles. The number of pyridine rings is 3. The smallest absolute Gasteiger partial charge is 0.411 e. The summed E-state index contributed by atoms with van der Waals surface area (Å²) in [5.41, 5.74) is 17.5. The van der Waals surface area contributed by atoms with Gasteiger partial charge in [0.1, 0.15) is 24.8 Å². The normalized spacial score (nSPS) is 11.6. The lowest BCUT2D eigenvalue weighted by Crippen LogP contribution is -2.30. The van der Waals surface area contributed by atoms with Crippen LogP contribution in [0, 0.1) is 0 Å². The predicted molar refractivity (Wildman–Crippen MR) is 182 cm³/mol. The summed E-state index contributed by atoms with van der Waals surface area (Å²) in [4.78, 5) is 25.7. The minimum Gasteiger partial charge on any atom is -0.493 e. The van der Waals surface area contributed by atoms with Gasteiger partial charge < -0.3 is 30.4 Å². The van der Waals surface area contributed by atoms with Crippen molar-refractivity contribution in [2.75, 3.05) is 31.9 Å². The fourth-order valence-electron chi connectivity index (χ4n) is 5.21. The highest BCUT2D eigenvalue weighted by Gasteiger charge is 2.15. The highest BCUT2D eigenvalue weighted by molar-refractivity contribution is 6.10. The molecule has 0 aliphatic rings. The van der Waals surface area contributed by atoms with E-state index in [0.29, 0.717) is 40.9 Å². The Morgan fingerprint density at radius 2 is 1.62 bits per heavy atom. The molecular weight excluding hydrogens is 596 g/mol. The molecule has 0 aliphatic carbocycles. The van der Waals surface area contributed by atoms with E-state index >= 15 is 0 Å². The molecule has 0 radical (unpaired) electrons. The fourth-order valence-corrected chi connectivity index (χ4v) is 5.21. The highest BCUT2D eigenvalue weighted by Crippen LogP contribution is 2.37. The predicted octanol–water partition coefficient (Wildman–Crippen LogP) is 6.14. The number of nitrogens with two attached hydrogens (primary N) is 2. The molecule has 0 saturated carbocycles. The van der Waals surface area contributed by atoms with E-state index in [1.807, 2.05) is 78.9 Å². The van der Waals surface area contributed by atoms with Gasteiger partial charge >= 0.3 is 6.09 Å². The van der Waals surface area contributed by atoms with Gasteiger partial charge in [0.05, 0.1) is 31.6 Å². The van der Waals surface area contributed by atoms with Crippen molar-refractivity contribution in [2.45, 2.75) is 19.1 Å². The molecule has 3 aromatic heterocycles. The van der Waals surface area contributed by atoms with Gasteiger partial charge in [-0.2, -0.15) is 0 Å². The van der Waals surface area contributed by atoms with Crippen molar-refractivity contribution >= 4 is 39.3 Å². The second-order valence-corrected chi connectivity index (χ2v) is 10.9. The number of rotatable bonds is 11. The number of hydrogen-bond acceptors (Lipinski definition) is 10. The number of fused-ring (bicyclic) bond motifs is 3. The van der Waals surface area contributed by atoms with Crippen molar-refractivity contribution < 1.29 is 23.7 Å². The van der Waals surface area contributed by atoms with Crippen LogP contribution in [0.2, 0.25) is 0 Å². The van der Waals surface area contributed by atoms with Gasteiger partial charge in [-0.05, 0) is 53.3 Å². The zero-order valence-corrected chi connectivity index (χ0v) is 26.0. The Hall–Kier alpha value is -5.94. The topological polar surface area (TPSA) is 157 Å². The summed E-state index contributed by atoms with van der Waals surface area (Å²) < 4.78 is 22.3. The summed E-state index contributed by atoms with van der Waals surface area (Å²) >= 11 is 0. The lowest BCUT2D eigenvalue weighted by atomic mass is 10.0. The largest absolute Gasteiger partial charge is 0.493 e. The molecule has 1 atom stereocenters. The second kappa shape index (κ2) is 14.0. The number of hydrogen-bond donors (Lipinski definition) is 3. The highest BCUT2D eigenvalue weighted by atomic mass is 16.5. The van der Waals surface area contributed by atoms with E-state index in [1.165, 1.54) is 0 Å². The average Bonchev–Trinajstić information content (AvgIpc) is 3.10. The maximum atomic E-state index is 12.2. The number of benzene rings is 3. The standard InChI is InChI=1S/C36H34N6O5/c1-44-33-15-29-28-14-31(42-35(38)30(28)19-40-32(29)16-34(33)45-2)24-13-27(18-39-17-24)46-21-25(37)12-22-8-10-26(11-9-22)41-36(43)47-20-23-6-4-3-5-7-23/h3-11,13-19,25H,12,20-21,37H2,1-2H3,(H2,38,42)(H,41,43)/t25-/m0/s1. The summed E-state index contributed by atoms with van der Waals surface area (Å²) in [6.45, 7) is 0.466. The van der Waals surface area contributed by atoms with Gasteiger partial charge in [-0.3, -0.25) is 15.3 Å². The Balaban J connectivity index is 1.09. The molecule has 0 fully saturated rings. The summed E-state index contributed by atoms with van der Waals surface area (Å²) in [5, 5.41) is 5.19. The van der Waals surface area contributed by atoms with Crippen LogP contribution < -0.4 is 31.0 Å². The van der Waals surface area contributed by atoms with Crippen LogP contribution in [0.15, 0.2) is 97.5 Å². The number of carbonyl (C=O) groups is 1. The molecule has 5 N–H and O–H groups in total. The van der Waals surface area contributed by atoms with Gasteiger partial charge in [0.2, 0.25) is 0 Å². The molecule has 6 aromatic rings. The van der Waals surface area contributed by atoms with Crippen LogP contribution in [0.5, 0.6) is 17.2 Å². The number of ether oxygens (including phenoxy) is 4. The Kier molecular flexibility index (Phi) is 9.26. The molecule has 0 spiro atoms. The molecule has 3 heterocycles. The number of carbonyl (C=O) groups excluding carboxylic acids is 1. The Labute approximate surface area is 271 Å². The Morgan fingerprint density at radius 3 is 2.38 bits per heavy atom. The summed E-state index contributed by atoms with van der Waals surface area (Å²) in [6, 6.07) is 24.2. The first kappa shape index (κ1) is 31.1. The SMILES string of the molecule is COc1cc2ncc3c(N)nc(-c4cncc(OC[C@@H](N)Cc5ccc(NC(=O)OCc6ccccc6)cc5)c4)cc3c2cc1OC. The van der Waals surface area contributed by atoms with E-state index in [9.17, 15) is 4.79 Å². The van der Waals surface area contributed by atoms with Crippen molar-refractivity contribution in [3.05, 3.63) is 109 Å². The van der Waals surface area contributed by atoms with Crippen LogP contribution >= 0.6 is 0 Å². The molecule has 0 unspecified atom stereocenters. The third-order valence-corrected chi connectivity index (χ3v) is 7.60. The van der Waals surface area contributed by atoms with E-state index in [1.54, 1.807) is 32.8 Å². The summed E-state index contributed by atoms with van der Waals surface area (Å²) in [7, 11) is 3.18. The van der Waals surface area contributed by atoms with Crippen LogP contribution in [0.25, 0.3) is 32.9 Å². The number of amides is 1. The Morgan fingerprint density at radius 1 is 0.851 bits per heavy atom. The lowest BCUT2D eigenvalue weighted by molar-refractivity contribution is 0.155. The lowest BCUT2D eigenvalue weighted by Gasteiger charge is -2.15. The second-order valence-electron chi connectivity index (χ2n) is 10.9. The quantitative estimate of drug-likeness (QED) is 0.142. The minimum atomic E-state index is -0.518. The van der Waals surface area contributed by atoms with Gasteiger partial charge in [-0.25, -0.2) is 9.78 Å². The van der Waals surface area contributed by atoms with E-state index in [0.717, 1.165) is 38.4 Å². The first-order valence-electron chi connectivity index (χ1n) is 14.9. The van der Waals surface area contributed by atoms with Crippen molar-refractivity contribution in [1.29, 1.82) is 0 Å². The van der Waals surface area contributed by atoms with Crippen LogP contribution in [-0.4, -0.2) is 47.9 Å². The van der Waals surface area contributed by atoms with Crippen molar-refractivity contribution in [3.63, 3.8) is 0 Å². The summed E-state index contributed by atoms with van der Waals surface area (Å²) in [5.74, 6) is 2.08. The molecule has 6 rings (SSSR count). The van der Waals surface area contributed by atoms with E-state index in [4.69, 9.17) is 30.4 Å². The average molecular weight is 631 g/mol. The zero-order valence-electron chi connectivity index (χ0n) is 26.0. The number of anilines is 2. The van der Waals surface area contributed by atoms with E-state index in [-0.39, 0.29) is 19.3 Å². The first-order valence-corrected chi connectivity index (χ1v) is 14.9. The van der Waals surface area contributed by atoms with Gasteiger partial charge in [-0.15, -0.1) is 0 Å². The number of methoxy groups -OCH3 is 2. The molecular formula is C36H34N6O5. The molecule has 11 heteroatoms. The molecule has 0 saturated heterocycles. The van der Waals surface area contributed by atoms with Gasteiger partial charge in [0, 0.05) is 46.5 Å². The molecule has 11 nitrogen and oxygen atoms in total. The number of aromatic nitrogens is 3. The summed E-state index contributed by atoms with van der Waals surface area (Å²) in [6.07, 6.45) is 5.11. The minimum absolute atomic E-state index is 0.200. The number of nitrogens with zero attached hydrogens (tertiary/aromatic N) is 3. The van der Waals surface area contributed by atoms with Gasteiger partial charge in [0.15, 0.2) is 11.5 Å². The molecule has 1 amide bonds. The molecule has 3 aromatic carbocycles.